The molecule has 0 aromatic heterocycles. The van der Waals surface area contributed by atoms with Gasteiger partial charge in [0.05, 0.1) is 13.2 Å². The first-order valence-electron chi connectivity index (χ1n) is 6.29. The maximum Gasteiger partial charge on any atom is 1.00 e. The van der Waals surface area contributed by atoms with Crippen LogP contribution in [0.25, 0.3) is 0 Å². The fourth-order valence-corrected chi connectivity index (χ4v) is 2.65. The fraction of sp³-hybridized carbons (Fsp3) is 0.909. The Bertz CT molecular complexity index is 382. The molecule has 20 heavy (non-hydrogen) atoms. The second kappa shape index (κ2) is 6.08. The molecule has 0 aromatic rings. The van der Waals surface area contributed by atoms with Gasteiger partial charge >= 0.3 is 64.5 Å². The number of halogens is 3. The summed E-state index contributed by atoms with van der Waals surface area (Å²) in [4.78, 5) is 13.0. The first-order valence-corrected chi connectivity index (χ1v) is 6.29. The minimum absolute atomic E-state index is 0. The Balaban J connectivity index is 0.00000200. The standard InChI is InChI=1S/C11H18BF3NO3.K/c1-10(2,3)19-9(17)16-4-8(12(13,14)15)11(5-16)6-18-7-11;/h8H,4-7H2,1-3H3;/q-1;+1. The van der Waals surface area contributed by atoms with E-state index in [0.717, 1.165) is 4.90 Å². The molecule has 2 fully saturated rings. The van der Waals surface area contributed by atoms with Crippen molar-refractivity contribution in [3.05, 3.63) is 0 Å². The van der Waals surface area contributed by atoms with E-state index in [-0.39, 0.29) is 77.7 Å². The predicted octanol–water partition coefficient (Wildman–Crippen LogP) is -0.525. The number of hydrogen-bond acceptors (Lipinski definition) is 3. The van der Waals surface area contributed by atoms with Gasteiger partial charge in [-0.25, -0.2) is 4.79 Å². The number of ether oxygens (including phenoxy) is 2. The smallest absolute Gasteiger partial charge is 0.449 e. The van der Waals surface area contributed by atoms with Crippen LogP contribution in [-0.4, -0.2) is 49.9 Å². The Morgan fingerprint density at radius 2 is 1.90 bits per heavy atom. The number of carbonyl (C=O) groups excluding carboxylic acids is 1. The van der Waals surface area contributed by atoms with Crippen LogP contribution in [0.5, 0.6) is 0 Å². The summed E-state index contributed by atoms with van der Waals surface area (Å²) in [5.74, 6) is -1.46. The zero-order valence-electron chi connectivity index (χ0n) is 12.3. The number of likely N-dealkylation sites (tertiary alicyclic amines) is 1. The molecule has 1 atom stereocenters. The molecule has 2 heterocycles. The van der Waals surface area contributed by atoms with Crippen molar-refractivity contribution < 1.29 is 78.6 Å². The molecule has 0 bridgehead atoms. The first kappa shape index (κ1) is 18.8. The Morgan fingerprint density at radius 3 is 2.20 bits per heavy atom. The molecule has 2 saturated heterocycles. The van der Waals surface area contributed by atoms with Crippen molar-refractivity contribution >= 4 is 13.1 Å². The fourth-order valence-electron chi connectivity index (χ4n) is 2.65. The summed E-state index contributed by atoms with van der Waals surface area (Å²) in [6, 6.07) is 0. The summed E-state index contributed by atoms with van der Waals surface area (Å²) in [7, 11) is 0. The quantitative estimate of drug-likeness (QED) is 0.610. The third-order valence-electron chi connectivity index (χ3n) is 3.60. The molecule has 9 heteroatoms. The summed E-state index contributed by atoms with van der Waals surface area (Å²) in [5, 5.41) is 0. The van der Waals surface area contributed by atoms with E-state index < -0.39 is 29.9 Å². The average Bonchev–Trinajstić information content (AvgIpc) is 2.53. The minimum atomic E-state index is -4.99. The Labute approximate surface area is 159 Å². The zero-order valence-corrected chi connectivity index (χ0v) is 15.4. The molecule has 2 aliphatic heterocycles. The van der Waals surface area contributed by atoms with Crippen LogP contribution in [0.2, 0.25) is 5.82 Å². The van der Waals surface area contributed by atoms with Crippen molar-refractivity contribution in [1.82, 2.24) is 4.90 Å². The molecule has 110 valence electrons. The van der Waals surface area contributed by atoms with Gasteiger partial charge in [0.1, 0.15) is 5.60 Å². The van der Waals surface area contributed by atoms with E-state index >= 15 is 0 Å². The molecule has 0 aliphatic carbocycles. The average molecular weight is 319 g/mol. The summed E-state index contributed by atoms with van der Waals surface area (Å²) in [6.07, 6.45) is -0.679. The molecule has 0 aromatic carbocycles. The number of nitrogens with zero attached hydrogens (tertiary/aromatic N) is 1. The predicted molar refractivity (Wildman–Crippen MR) is 63.9 cm³/mol. The van der Waals surface area contributed by atoms with E-state index in [1.54, 1.807) is 20.8 Å². The molecular weight excluding hydrogens is 301 g/mol. The van der Waals surface area contributed by atoms with Crippen LogP contribution in [0, 0.1) is 5.41 Å². The second-order valence-electron chi connectivity index (χ2n) is 6.45. The van der Waals surface area contributed by atoms with Crippen molar-refractivity contribution in [3.63, 3.8) is 0 Å². The SMILES string of the molecule is CC(C)(C)OC(=O)N1CC([B-](F)(F)F)C2(COC2)C1.[K+]. The zero-order chi connectivity index (χ0) is 14.5. The Kier molecular flexibility index (Phi) is 5.70. The van der Waals surface area contributed by atoms with Gasteiger partial charge in [0.2, 0.25) is 0 Å². The van der Waals surface area contributed by atoms with Crippen molar-refractivity contribution in [3.8, 4) is 0 Å². The van der Waals surface area contributed by atoms with Crippen LogP contribution >= 0.6 is 0 Å². The van der Waals surface area contributed by atoms with Crippen LogP contribution in [0.15, 0.2) is 0 Å². The number of amides is 1. The van der Waals surface area contributed by atoms with Crippen LogP contribution < -0.4 is 51.4 Å². The molecule has 0 radical (unpaired) electrons. The van der Waals surface area contributed by atoms with Crippen LogP contribution in [0.3, 0.4) is 0 Å². The summed E-state index contributed by atoms with van der Waals surface area (Å²) >= 11 is 0. The topological polar surface area (TPSA) is 38.8 Å². The van der Waals surface area contributed by atoms with Gasteiger partial charge in [0, 0.05) is 18.5 Å². The molecule has 0 saturated carbocycles. The third kappa shape index (κ3) is 3.92. The maximum atomic E-state index is 13.1. The number of hydrogen-bond donors (Lipinski definition) is 0. The molecule has 2 aliphatic rings. The van der Waals surface area contributed by atoms with Crippen molar-refractivity contribution in [2.75, 3.05) is 26.3 Å². The van der Waals surface area contributed by atoms with E-state index in [1.165, 1.54) is 0 Å². The van der Waals surface area contributed by atoms with Gasteiger partial charge in [-0.2, -0.15) is 0 Å². The van der Waals surface area contributed by atoms with Gasteiger partial charge in [-0.1, -0.05) is 0 Å². The third-order valence-corrected chi connectivity index (χ3v) is 3.60. The second-order valence-corrected chi connectivity index (χ2v) is 6.45. The molecule has 1 spiro atoms. The Morgan fingerprint density at radius 1 is 1.35 bits per heavy atom. The summed E-state index contributed by atoms with van der Waals surface area (Å²) in [5.41, 5.74) is -1.66. The minimum Gasteiger partial charge on any atom is -0.449 e. The van der Waals surface area contributed by atoms with Crippen molar-refractivity contribution in [1.29, 1.82) is 0 Å². The first-order chi connectivity index (χ1) is 8.54. The van der Waals surface area contributed by atoms with E-state index in [4.69, 9.17) is 9.47 Å². The van der Waals surface area contributed by atoms with Crippen molar-refractivity contribution in [2.24, 2.45) is 5.41 Å². The van der Waals surface area contributed by atoms with Gasteiger partial charge in [0.25, 0.3) is 0 Å². The van der Waals surface area contributed by atoms with Crippen LogP contribution in [-0.2, 0) is 9.47 Å². The van der Waals surface area contributed by atoms with Gasteiger partial charge in [-0.05, 0) is 26.6 Å². The van der Waals surface area contributed by atoms with E-state index in [1.807, 2.05) is 0 Å². The van der Waals surface area contributed by atoms with Gasteiger partial charge in [-0.3, -0.25) is 0 Å². The molecule has 4 nitrogen and oxygen atoms in total. The van der Waals surface area contributed by atoms with Gasteiger partial charge in [0.15, 0.2) is 0 Å². The maximum absolute atomic E-state index is 13.1. The molecular formula is C11H18BF3KNO3. The van der Waals surface area contributed by atoms with Gasteiger partial charge < -0.3 is 27.3 Å². The van der Waals surface area contributed by atoms with Crippen molar-refractivity contribution in [2.45, 2.75) is 32.2 Å². The monoisotopic (exact) mass is 319 g/mol. The normalized spacial score (nSPS) is 25.1. The molecule has 1 amide bonds. The van der Waals surface area contributed by atoms with E-state index in [2.05, 4.69) is 0 Å². The molecule has 1 unspecified atom stereocenters. The molecule has 2 rings (SSSR count). The summed E-state index contributed by atoms with van der Waals surface area (Å²) in [6.45, 7) is -0.0401. The van der Waals surface area contributed by atoms with E-state index in [9.17, 15) is 17.7 Å². The van der Waals surface area contributed by atoms with Crippen LogP contribution in [0.4, 0.5) is 17.7 Å². The van der Waals surface area contributed by atoms with Gasteiger partial charge in [-0.15, -0.1) is 0 Å². The summed E-state index contributed by atoms with van der Waals surface area (Å²) < 4.78 is 49.3. The van der Waals surface area contributed by atoms with E-state index in [0.29, 0.717) is 0 Å². The molecule has 0 N–H and O–H groups in total. The number of rotatable bonds is 1. The number of carbonyl (C=O) groups is 1. The van der Waals surface area contributed by atoms with Crippen LogP contribution in [0.1, 0.15) is 20.8 Å². The largest absolute Gasteiger partial charge is 1.00 e. The Hall–Kier alpha value is 0.721.